The first-order valence-corrected chi connectivity index (χ1v) is 5.36. The van der Waals surface area contributed by atoms with Gasteiger partial charge in [0.1, 0.15) is 0 Å². The second-order valence-corrected chi connectivity index (χ2v) is 4.66. The van der Waals surface area contributed by atoms with E-state index in [1.807, 2.05) is 0 Å². The Morgan fingerprint density at radius 3 is 2.47 bits per heavy atom. The minimum absolute atomic E-state index is 0.0934. The largest absolute Gasteiger partial charge is 0.481 e. The number of carboxylic acids is 1. The van der Waals surface area contributed by atoms with E-state index in [2.05, 4.69) is 0 Å². The number of hydrogen-bond acceptors (Lipinski definition) is 3. The lowest BCUT2D eigenvalue weighted by Crippen LogP contribution is -2.47. The van der Waals surface area contributed by atoms with Crippen molar-refractivity contribution in [2.24, 2.45) is 11.3 Å². The number of halogens is 3. The predicted octanol–water partition coefficient (Wildman–Crippen LogP) is 0.954. The zero-order chi connectivity index (χ0) is 13.3. The molecule has 100 valence electrons. The normalized spacial score (nSPS) is 28.3. The lowest BCUT2D eigenvalue weighted by molar-refractivity contribution is -0.227. The smallest absolute Gasteiger partial charge is 0.406 e. The summed E-state index contributed by atoms with van der Waals surface area (Å²) in [4.78, 5) is 12.3. The van der Waals surface area contributed by atoms with Gasteiger partial charge in [0.25, 0.3) is 0 Å². The maximum absolute atomic E-state index is 12.8. The van der Waals surface area contributed by atoms with Crippen LogP contribution in [-0.4, -0.2) is 53.5 Å². The average molecular weight is 255 g/mol. The Kier molecular flexibility index (Phi) is 4.03. The van der Waals surface area contributed by atoms with Gasteiger partial charge < -0.3 is 15.1 Å². The number of likely N-dealkylation sites (tertiary alicyclic amines) is 1. The van der Waals surface area contributed by atoms with Crippen LogP contribution in [0.1, 0.15) is 13.3 Å². The second kappa shape index (κ2) is 4.81. The van der Waals surface area contributed by atoms with Crippen LogP contribution < -0.4 is 0 Å². The molecule has 0 aromatic rings. The van der Waals surface area contributed by atoms with E-state index in [1.54, 1.807) is 6.92 Å². The van der Waals surface area contributed by atoms with E-state index in [0.29, 0.717) is 0 Å². The molecule has 0 aromatic heterocycles. The van der Waals surface area contributed by atoms with Crippen molar-refractivity contribution < 1.29 is 28.2 Å². The Hall–Kier alpha value is -0.820. The Balaban J connectivity index is 2.77. The topological polar surface area (TPSA) is 60.8 Å². The zero-order valence-electron chi connectivity index (χ0n) is 9.50. The Labute approximate surface area is 97.0 Å². The minimum atomic E-state index is -4.74. The van der Waals surface area contributed by atoms with Crippen molar-refractivity contribution in [2.75, 3.05) is 26.2 Å². The molecule has 0 aliphatic carbocycles. The van der Waals surface area contributed by atoms with Gasteiger partial charge in [-0.3, -0.25) is 4.79 Å². The van der Waals surface area contributed by atoms with Gasteiger partial charge in [0.05, 0.1) is 0 Å². The molecule has 1 saturated heterocycles. The number of carbonyl (C=O) groups is 1. The number of aliphatic carboxylic acids is 1. The predicted molar refractivity (Wildman–Crippen MR) is 53.4 cm³/mol. The Morgan fingerprint density at radius 1 is 1.53 bits per heavy atom. The highest BCUT2D eigenvalue weighted by Gasteiger charge is 2.63. The van der Waals surface area contributed by atoms with Crippen LogP contribution in [0.2, 0.25) is 0 Å². The molecule has 1 fully saturated rings. The summed E-state index contributed by atoms with van der Waals surface area (Å²) < 4.78 is 38.4. The van der Waals surface area contributed by atoms with E-state index in [4.69, 9.17) is 10.2 Å². The number of aliphatic hydroxyl groups excluding tert-OH is 1. The fraction of sp³-hybridized carbons (Fsp3) is 0.900. The summed E-state index contributed by atoms with van der Waals surface area (Å²) in [5.41, 5.74) is -2.65. The van der Waals surface area contributed by atoms with E-state index < -0.39 is 30.5 Å². The standard InChI is InChI=1S/C10H16F3NO3/c1-7(5-15)4-14-3-2-9(6-14,8(16)17)10(11,12)13/h7,15H,2-6H2,1H3,(H,16,17). The first-order chi connectivity index (χ1) is 7.73. The molecule has 2 N–H and O–H groups in total. The first-order valence-electron chi connectivity index (χ1n) is 5.36. The van der Waals surface area contributed by atoms with Crippen molar-refractivity contribution in [3.63, 3.8) is 0 Å². The third kappa shape index (κ3) is 2.71. The van der Waals surface area contributed by atoms with Crippen molar-refractivity contribution in [3.8, 4) is 0 Å². The molecule has 7 heteroatoms. The second-order valence-electron chi connectivity index (χ2n) is 4.66. The molecule has 0 amide bonds. The summed E-state index contributed by atoms with van der Waals surface area (Å²) in [7, 11) is 0. The number of alkyl halides is 3. The number of nitrogens with zero attached hydrogens (tertiary/aromatic N) is 1. The van der Waals surface area contributed by atoms with Crippen LogP contribution in [0.3, 0.4) is 0 Å². The van der Waals surface area contributed by atoms with E-state index in [0.717, 1.165) is 0 Å². The summed E-state index contributed by atoms with van der Waals surface area (Å²) in [6.07, 6.45) is -5.17. The van der Waals surface area contributed by atoms with Gasteiger partial charge in [-0.05, 0) is 18.9 Å². The lowest BCUT2D eigenvalue weighted by Gasteiger charge is -2.28. The van der Waals surface area contributed by atoms with Gasteiger partial charge in [-0.25, -0.2) is 0 Å². The molecule has 4 nitrogen and oxygen atoms in total. The minimum Gasteiger partial charge on any atom is -0.481 e. The highest BCUT2D eigenvalue weighted by molar-refractivity contribution is 5.76. The Morgan fingerprint density at radius 2 is 2.12 bits per heavy atom. The molecule has 0 bridgehead atoms. The third-order valence-electron chi connectivity index (χ3n) is 3.18. The quantitative estimate of drug-likeness (QED) is 0.785. The molecule has 1 rings (SSSR count). The fourth-order valence-corrected chi connectivity index (χ4v) is 2.07. The van der Waals surface area contributed by atoms with Gasteiger partial charge in [-0.15, -0.1) is 0 Å². The fourth-order valence-electron chi connectivity index (χ4n) is 2.07. The number of carboxylic acid groups (broad SMARTS) is 1. The maximum atomic E-state index is 12.8. The Bertz CT molecular complexity index is 295. The van der Waals surface area contributed by atoms with Gasteiger partial charge in [-0.1, -0.05) is 6.92 Å². The van der Waals surface area contributed by atoms with Crippen LogP contribution in [-0.2, 0) is 4.79 Å². The zero-order valence-corrected chi connectivity index (χ0v) is 9.50. The molecule has 1 aliphatic rings. The molecule has 17 heavy (non-hydrogen) atoms. The van der Waals surface area contributed by atoms with Crippen molar-refractivity contribution in [2.45, 2.75) is 19.5 Å². The molecule has 2 atom stereocenters. The van der Waals surface area contributed by atoms with Gasteiger partial charge in [0, 0.05) is 19.7 Å². The number of rotatable bonds is 4. The summed E-state index contributed by atoms with van der Waals surface area (Å²) in [6.45, 7) is 1.42. The SMILES string of the molecule is CC(CO)CN1CCC(C(=O)O)(C(F)(F)F)C1. The summed E-state index contributed by atoms with van der Waals surface area (Å²) in [6, 6.07) is 0. The highest BCUT2D eigenvalue weighted by atomic mass is 19.4. The van der Waals surface area contributed by atoms with Gasteiger partial charge in [-0.2, -0.15) is 13.2 Å². The highest BCUT2D eigenvalue weighted by Crippen LogP contribution is 2.45. The molecular weight excluding hydrogens is 239 g/mol. The van der Waals surface area contributed by atoms with Crippen molar-refractivity contribution in [1.82, 2.24) is 4.90 Å². The lowest BCUT2D eigenvalue weighted by atomic mass is 9.86. The summed E-state index contributed by atoms with van der Waals surface area (Å²) >= 11 is 0. The van der Waals surface area contributed by atoms with E-state index in [9.17, 15) is 18.0 Å². The van der Waals surface area contributed by atoms with Crippen molar-refractivity contribution in [1.29, 1.82) is 0 Å². The van der Waals surface area contributed by atoms with Gasteiger partial charge in [0.15, 0.2) is 5.41 Å². The van der Waals surface area contributed by atoms with Crippen molar-refractivity contribution >= 4 is 5.97 Å². The first kappa shape index (κ1) is 14.2. The number of aliphatic hydroxyl groups is 1. The van der Waals surface area contributed by atoms with Crippen molar-refractivity contribution in [3.05, 3.63) is 0 Å². The molecular formula is C10H16F3NO3. The van der Waals surface area contributed by atoms with E-state index >= 15 is 0 Å². The third-order valence-corrected chi connectivity index (χ3v) is 3.18. The van der Waals surface area contributed by atoms with Crippen LogP contribution in [0.25, 0.3) is 0 Å². The van der Waals surface area contributed by atoms with E-state index in [-0.39, 0.29) is 25.6 Å². The molecule has 0 radical (unpaired) electrons. The molecule has 1 aliphatic heterocycles. The molecule has 0 spiro atoms. The molecule has 1 heterocycles. The van der Waals surface area contributed by atoms with Gasteiger partial charge in [0.2, 0.25) is 0 Å². The van der Waals surface area contributed by atoms with E-state index in [1.165, 1.54) is 4.90 Å². The van der Waals surface area contributed by atoms with Crippen LogP contribution >= 0.6 is 0 Å². The number of hydrogen-bond donors (Lipinski definition) is 2. The average Bonchev–Trinajstić information content (AvgIpc) is 2.62. The van der Waals surface area contributed by atoms with Crippen LogP contribution in [0.4, 0.5) is 13.2 Å². The summed E-state index contributed by atoms with van der Waals surface area (Å²) in [5, 5.41) is 17.6. The van der Waals surface area contributed by atoms with Crippen LogP contribution in [0.15, 0.2) is 0 Å². The maximum Gasteiger partial charge on any atom is 0.406 e. The molecule has 2 unspecified atom stereocenters. The molecule has 0 saturated carbocycles. The van der Waals surface area contributed by atoms with Crippen LogP contribution in [0.5, 0.6) is 0 Å². The molecule has 0 aromatic carbocycles. The van der Waals surface area contributed by atoms with Gasteiger partial charge >= 0.3 is 12.1 Å². The monoisotopic (exact) mass is 255 g/mol. The van der Waals surface area contributed by atoms with Crippen LogP contribution in [0, 0.1) is 11.3 Å². The summed E-state index contributed by atoms with van der Waals surface area (Å²) in [5.74, 6) is -1.98.